The largest absolute Gasteiger partial charge is 0.353 e. The van der Waals surface area contributed by atoms with Crippen LogP contribution in [-0.4, -0.2) is 41.8 Å². The monoisotopic (exact) mass is 389 g/mol. The van der Waals surface area contributed by atoms with Crippen molar-refractivity contribution in [3.05, 3.63) is 64.9 Å². The molecule has 27 heavy (non-hydrogen) atoms. The maximum atomic E-state index is 13.0. The summed E-state index contributed by atoms with van der Waals surface area (Å²) >= 11 is 5.84. The zero-order valence-electron chi connectivity index (χ0n) is 14.2. The number of anilines is 1. The molecule has 1 fully saturated rings. The molecule has 0 radical (unpaired) electrons. The van der Waals surface area contributed by atoms with Crippen LogP contribution >= 0.6 is 11.6 Å². The fourth-order valence-electron chi connectivity index (χ4n) is 2.84. The molecule has 2 aromatic carbocycles. The number of nitrogens with zero attached hydrogens (tertiary/aromatic N) is 1. The van der Waals surface area contributed by atoms with E-state index in [1.54, 1.807) is 24.3 Å². The number of rotatable bonds is 4. The number of carbonyl (C=O) groups excluding carboxylic acids is 3. The van der Waals surface area contributed by atoms with Crippen LogP contribution in [-0.2, 0) is 9.59 Å². The van der Waals surface area contributed by atoms with Gasteiger partial charge in [0.05, 0.1) is 6.42 Å². The predicted octanol–water partition coefficient (Wildman–Crippen LogP) is 2.45. The van der Waals surface area contributed by atoms with Crippen LogP contribution in [0.2, 0.25) is 5.02 Å². The Hall–Kier alpha value is -2.93. The number of halogens is 2. The maximum absolute atomic E-state index is 13.0. The summed E-state index contributed by atoms with van der Waals surface area (Å²) in [6.07, 6.45) is -0.206. The van der Waals surface area contributed by atoms with Gasteiger partial charge in [-0.1, -0.05) is 11.6 Å². The van der Waals surface area contributed by atoms with E-state index in [-0.39, 0.29) is 12.3 Å². The lowest BCUT2D eigenvalue weighted by molar-refractivity contribution is -0.131. The number of hydrogen-bond donors (Lipinski definition) is 2. The minimum Gasteiger partial charge on any atom is -0.353 e. The van der Waals surface area contributed by atoms with E-state index in [4.69, 9.17) is 11.6 Å². The van der Waals surface area contributed by atoms with Crippen molar-refractivity contribution < 1.29 is 18.8 Å². The summed E-state index contributed by atoms with van der Waals surface area (Å²) in [5.41, 5.74) is 0.797. The highest BCUT2D eigenvalue weighted by Gasteiger charge is 2.35. The average molecular weight is 390 g/mol. The van der Waals surface area contributed by atoms with Gasteiger partial charge in [-0.05, 0) is 48.5 Å². The number of amides is 3. The Kier molecular flexibility index (Phi) is 5.71. The van der Waals surface area contributed by atoms with Crippen molar-refractivity contribution in [1.29, 1.82) is 0 Å². The van der Waals surface area contributed by atoms with Gasteiger partial charge in [0.15, 0.2) is 0 Å². The van der Waals surface area contributed by atoms with Gasteiger partial charge in [0.25, 0.3) is 5.91 Å². The van der Waals surface area contributed by atoms with Crippen LogP contribution in [0.1, 0.15) is 16.8 Å². The third kappa shape index (κ3) is 4.62. The second-order valence-electron chi connectivity index (χ2n) is 6.07. The first-order chi connectivity index (χ1) is 12.9. The lowest BCUT2D eigenvalue weighted by Gasteiger charge is -2.34. The Morgan fingerprint density at radius 1 is 1.15 bits per heavy atom. The first kappa shape index (κ1) is 18.8. The van der Waals surface area contributed by atoms with E-state index in [1.165, 1.54) is 29.2 Å². The van der Waals surface area contributed by atoms with Crippen LogP contribution in [0.5, 0.6) is 0 Å². The van der Waals surface area contributed by atoms with Crippen molar-refractivity contribution in [2.24, 2.45) is 0 Å². The molecule has 0 aromatic heterocycles. The average Bonchev–Trinajstić information content (AvgIpc) is 2.65. The third-order valence-corrected chi connectivity index (χ3v) is 4.44. The highest BCUT2D eigenvalue weighted by Crippen LogP contribution is 2.17. The zero-order chi connectivity index (χ0) is 19.4. The molecule has 8 heteroatoms. The molecule has 1 atom stereocenters. The number of nitrogens with one attached hydrogen (secondary N) is 2. The Morgan fingerprint density at radius 3 is 2.48 bits per heavy atom. The van der Waals surface area contributed by atoms with E-state index in [0.717, 1.165) is 0 Å². The van der Waals surface area contributed by atoms with Crippen LogP contribution < -0.4 is 10.6 Å². The van der Waals surface area contributed by atoms with Gasteiger partial charge < -0.3 is 15.5 Å². The first-order valence-electron chi connectivity index (χ1n) is 8.34. The molecule has 0 bridgehead atoms. The molecule has 0 unspecified atom stereocenters. The molecule has 1 aliphatic rings. The molecule has 1 aliphatic heterocycles. The summed E-state index contributed by atoms with van der Waals surface area (Å²) in [4.78, 5) is 38.7. The number of piperazine rings is 1. The predicted molar refractivity (Wildman–Crippen MR) is 98.9 cm³/mol. The molecule has 0 saturated carbocycles. The lowest BCUT2D eigenvalue weighted by Crippen LogP contribution is -2.58. The normalized spacial score (nSPS) is 16.6. The summed E-state index contributed by atoms with van der Waals surface area (Å²) in [6.45, 7) is 0.607. The van der Waals surface area contributed by atoms with Crippen molar-refractivity contribution >= 4 is 35.0 Å². The van der Waals surface area contributed by atoms with Gasteiger partial charge in [0, 0.05) is 29.4 Å². The second kappa shape index (κ2) is 8.18. The van der Waals surface area contributed by atoms with Crippen LogP contribution in [0.15, 0.2) is 48.5 Å². The first-order valence-corrected chi connectivity index (χ1v) is 8.71. The van der Waals surface area contributed by atoms with Crippen LogP contribution in [0.4, 0.5) is 10.1 Å². The third-order valence-electron chi connectivity index (χ3n) is 4.19. The van der Waals surface area contributed by atoms with Crippen molar-refractivity contribution in [2.45, 2.75) is 12.5 Å². The quantitative estimate of drug-likeness (QED) is 0.843. The van der Waals surface area contributed by atoms with Gasteiger partial charge in [-0.25, -0.2) is 4.39 Å². The molecule has 2 N–H and O–H groups in total. The highest BCUT2D eigenvalue weighted by molar-refractivity contribution is 6.30. The van der Waals surface area contributed by atoms with Crippen molar-refractivity contribution in [1.82, 2.24) is 10.2 Å². The molecule has 1 heterocycles. The number of hydrogen-bond acceptors (Lipinski definition) is 3. The molecular weight excluding hydrogens is 373 g/mol. The molecule has 3 amide bonds. The minimum atomic E-state index is -0.928. The van der Waals surface area contributed by atoms with Crippen molar-refractivity contribution in [3.8, 4) is 0 Å². The Bertz CT molecular complexity index is 856. The Morgan fingerprint density at radius 2 is 1.81 bits per heavy atom. The van der Waals surface area contributed by atoms with Crippen molar-refractivity contribution in [2.75, 3.05) is 18.4 Å². The van der Waals surface area contributed by atoms with E-state index in [2.05, 4.69) is 10.6 Å². The number of benzene rings is 2. The van der Waals surface area contributed by atoms with E-state index in [0.29, 0.717) is 29.4 Å². The zero-order valence-corrected chi connectivity index (χ0v) is 15.0. The topological polar surface area (TPSA) is 78.5 Å². The lowest BCUT2D eigenvalue weighted by atomic mass is 10.1. The molecular formula is C19H17ClFN3O3. The summed E-state index contributed by atoms with van der Waals surface area (Å²) < 4.78 is 13.0. The van der Waals surface area contributed by atoms with Crippen LogP contribution in [0.3, 0.4) is 0 Å². The van der Waals surface area contributed by atoms with Gasteiger partial charge in [-0.15, -0.1) is 0 Å². The molecule has 0 spiro atoms. The van der Waals surface area contributed by atoms with Crippen LogP contribution in [0.25, 0.3) is 0 Å². The second-order valence-corrected chi connectivity index (χ2v) is 6.51. The van der Waals surface area contributed by atoms with Gasteiger partial charge in [0.1, 0.15) is 11.9 Å². The van der Waals surface area contributed by atoms with Crippen LogP contribution in [0, 0.1) is 5.82 Å². The minimum absolute atomic E-state index is 0.206. The summed E-state index contributed by atoms with van der Waals surface area (Å²) in [5, 5.41) is 5.77. The Balaban J connectivity index is 1.72. The smallest absolute Gasteiger partial charge is 0.254 e. The fraction of sp³-hybridized carbons (Fsp3) is 0.211. The SMILES string of the molecule is O=C(C[C@@H]1C(=O)NCCN1C(=O)c1ccc(Cl)cc1)Nc1ccc(F)cc1. The fourth-order valence-corrected chi connectivity index (χ4v) is 2.97. The molecule has 6 nitrogen and oxygen atoms in total. The highest BCUT2D eigenvalue weighted by atomic mass is 35.5. The van der Waals surface area contributed by atoms with E-state index >= 15 is 0 Å². The molecule has 1 saturated heterocycles. The molecule has 0 aliphatic carbocycles. The van der Waals surface area contributed by atoms with Gasteiger partial charge in [0.2, 0.25) is 11.8 Å². The summed E-state index contributed by atoms with van der Waals surface area (Å²) in [6, 6.07) is 10.7. The van der Waals surface area contributed by atoms with Gasteiger partial charge >= 0.3 is 0 Å². The van der Waals surface area contributed by atoms with E-state index < -0.39 is 23.7 Å². The Labute approximate surface area is 160 Å². The maximum Gasteiger partial charge on any atom is 0.254 e. The van der Waals surface area contributed by atoms with E-state index in [9.17, 15) is 18.8 Å². The van der Waals surface area contributed by atoms with Crippen molar-refractivity contribution in [3.63, 3.8) is 0 Å². The molecule has 3 rings (SSSR count). The van der Waals surface area contributed by atoms with Gasteiger partial charge in [-0.2, -0.15) is 0 Å². The number of carbonyl (C=O) groups is 3. The van der Waals surface area contributed by atoms with E-state index in [1.807, 2.05) is 0 Å². The summed E-state index contributed by atoms with van der Waals surface area (Å²) in [7, 11) is 0. The molecule has 2 aromatic rings. The van der Waals surface area contributed by atoms with Gasteiger partial charge in [-0.3, -0.25) is 14.4 Å². The summed E-state index contributed by atoms with van der Waals surface area (Å²) in [5.74, 6) is -1.60. The molecule has 140 valence electrons. The standard InChI is InChI=1S/C19H17ClFN3O3/c20-13-3-1-12(2-4-13)19(27)24-10-9-22-18(26)16(24)11-17(25)23-15-7-5-14(21)6-8-15/h1-8,16H,9-11H2,(H,22,26)(H,23,25)/t16-/m1/s1.